The monoisotopic (exact) mass is 224 g/mol. The van der Waals surface area contributed by atoms with Crippen molar-refractivity contribution < 1.29 is 10.2 Å². The molecule has 1 aliphatic carbocycles. The molecule has 1 rings (SSSR count). The van der Waals surface area contributed by atoms with Crippen LogP contribution in [-0.2, 0) is 0 Å². The molecular formula is C14H24O2. The van der Waals surface area contributed by atoms with Gasteiger partial charge >= 0.3 is 0 Å². The van der Waals surface area contributed by atoms with Crippen LogP contribution < -0.4 is 0 Å². The van der Waals surface area contributed by atoms with E-state index in [1.165, 1.54) is 5.57 Å². The van der Waals surface area contributed by atoms with E-state index in [2.05, 4.69) is 26.8 Å². The van der Waals surface area contributed by atoms with Crippen molar-refractivity contribution in [3.8, 4) is 0 Å². The largest absolute Gasteiger partial charge is 0.365 e. The molecule has 0 fully saturated rings. The molecule has 16 heavy (non-hydrogen) atoms. The molecule has 0 saturated carbocycles. The first-order chi connectivity index (χ1) is 7.39. The van der Waals surface area contributed by atoms with Crippen molar-refractivity contribution in [3.05, 3.63) is 23.3 Å². The highest BCUT2D eigenvalue weighted by Gasteiger charge is 2.33. The van der Waals surface area contributed by atoms with Gasteiger partial charge in [-0.1, -0.05) is 38.5 Å². The highest BCUT2D eigenvalue weighted by atomic mass is 16.5. The third-order valence-electron chi connectivity index (χ3n) is 4.15. The molecule has 0 aromatic heterocycles. The number of aliphatic hydroxyl groups is 2. The molecule has 0 aromatic carbocycles. The molecule has 0 bridgehead atoms. The predicted molar refractivity (Wildman–Crippen MR) is 66.9 cm³/mol. The zero-order valence-electron chi connectivity index (χ0n) is 10.8. The van der Waals surface area contributed by atoms with E-state index in [4.69, 9.17) is 10.2 Å². The van der Waals surface area contributed by atoms with Gasteiger partial charge in [-0.25, -0.2) is 0 Å². The normalized spacial score (nSPS) is 25.1. The van der Waals surface area contributed by atoms with Gasteiger partial charge in [-0.2, -0.15) is 0 Å². The van der Waals surface area contributed by atoms with Crippen LogP contribution in [0.15, 0.2) is 23.3 Å². The van der Waals surface area contributed by atoms with Gasteiger partial charge in [-0.15, -0.1) is 0 Å². The van der Waals surface area contributed by atoms with Gasteiger partial charge in [0.25, 0.3) is 0 Å². The summed E-state index contributed by atoms with van der Waals surface area (Å²) in [6, 6.07) is 0. The molecule has 2 N–H and O–H groups in total. The summed E-state index contributed by atoms with van der Waals surface area (Å²) in [4.78, 5) is 0. The van der Waals surface area contributed by atoms with Crippen molar-refractivity contribution in [2.75, 3.05) is 0 Å². The Labute approximate surface area is 98.7 Å². The van der Waals surface area contributed by atoms with Crippen molar-refractivity contribution in [2.45, 2.75) is 53.2 Å². The minimum absolute atomic E-state index is 0.246. The lowest BCUT2D eigenvalue weighted by Crippen LogP contribution is -2.20. The average Bonchev–Trinajstić information content (AvgIpc) is 2.44. The van der Waals surface area contributed by atoms with Crippen LogP contribution in [0.1, 0.15) is 47.0 Å². The van der Waals surface area contributed by atoms with Crippen molar-refractivity contribution in [1.29, 1.82) is 0 Å². The van der Waals surface area contributed by atoms with E-state index >= 15 is 0 Å². The molecule has 92 valence electrons. The summed E-state index contributed by atoms with van der Waals surface area (Å²) < 4.78 is 0. The first-order valence-electron chi connectivity index (χ1n) is 6.11. The van der Waals surface area contributed by atoms with Crippen LogP contribution in [0.4, 0.5) is 0 Å². The maximum absolute atomic E-state index is 9.14. The Hall–Kier alpha value is -0.600. The van der Waals surface area contributed by atoms with Gasteiger partial charge in [0.15, 0.2) is 6.29 Å². The Bertz CT molecular complexity index is 298. The Balaban J connectivity index is 2.64. The second-order valence-electron chi connectivity index (χ2n) is 5.28. The van der Waals surface area contributed by atoms with Crippen molar-refractivity contribution in [2.24, 2.45) is 11.3 Å². The molecule has 1 atom stereocenters. The summed E-state index contributed by atoms with van der Waals surface area (Å²) in [6.45, 7) is 8.68. The quantitative estimate of drug-likeness (QED) is 0.569. The molecule has 0 aromatic rings. The molecule has 0 aliphatic heterocycles. The molecule has 0 radical (unpaired) electrons. The van der Waals surface area contributed by atoms with Crippen LogP contribution >= 0.6 is 0 Å². The fourth-order valence-electron chi connectivity index (χ4n) is 2.32. The summed E-state index contributed by atoms with van der Waals surface area (Å²) in [6.07, 6.45) is 5.76. The summed E-state index contributed by atoms with van der Waals surface area (Å²) in [5, 5.41) is 18.3. The fourth-order valence-corrected chi connectivity index (χ4v) is 2.32. The smallest absolute Gasteiger partial charge is 0.174 e. The van der Waals surface area contributed by atoms with E-state index in [0.29, 0.717) is 12.3 Å². The number of allylic oxidation sites excluding steroid dienone is 3. The predicted octanol–water partition coefficient (Wildman–Crippen LogP) is 3.02. The van der Waals surface area contributed by atoms with E-state index in [1.807, 2.05) is 13.0 Å². The molecule has 0 spiro atoms. The molecule has 0 amide bonds. The van der Waals surface area contributed by atoms with Crippen LogP contribution in [-0.4, -0.2) is 16.5 Å². The van der Waals surface area contributed by atoms with Gasteiger partial charge in [-0.3, -0.25) is 0 Å². The van der Waals surface area contributed by atoms with E-state index in [9.17, 15) is 0 Å². The van der Waals surface area contributed by atoms with Crippen molar-refractivity contribution in [1.82, 2.24) is 0 Å². The van der Waals surface area contributed by atoms with E-state index in [-0.39, 0.29) is 5.41 Å². The number of rotatable bonds is 4. The second kappa shape index (κ2) is 5.15. The van der Waals surface area contributed by atoms with E-state index in [1.54, 1.807) is 0 Å². The minimum atomic E-state index is -1.29. The van der Waals surface area contributed by atoms with Gasteiger partial charge in [0.1, 0.15) is 0 Å². The molecule has 1 aliphatic rings. The lowest BCUT2D eigenvalue weighted by molar-refractivity contribution is -0.0102. The lowest BCUT2D eigenvalue weighted by Gasteiger charge is -2.29. The van der Waals surface area contributed by atoms with Gasteiger partial charge < -0.3 is 10.2 Å². The van der Waals surface area contributed by atoms with Crippen molar-refractivity contribution in [3.63, 3.8) is 0 Å². The van der Waals surface area contributed by atoms with Crippen LogP contribution in [0.3, 0.4) is 0 Å². The first-order valence-corrected chi connectivity index (χ1v) is 6.11. The van der Waals surface area contributed by atoms with Crippen LogP contribution in [0.5, 0.6) is 0 Å². The summed E-state index contributed by atoms with van der Waals surface area (Å²) in [5.74, 6) is 0.591. The SMILES string of the molecule is CC/C(=C\CC1CC=C(C)C1(C)C)C(O)O. The third kappa shape index (κ3) is 2.74. The highest BCUT2D eigenvalue weighted by Crippen LogP contribution is 2.44. The number of hydrogen-bond donors (Lipinski definition) is 2. The third-order valence-corrected chi connectivity index (χ3v) is 4.15. The second-order valence-corrected chi connectivity index (χ2v) is 5.28. The molecule has 0 heterocycles. The zero-order valence-corrected chi connectivity index (χ0v) is 10.8. The Morgan fingerprint density at radius 1 is 1.56 bits per heavy atom. The summed E-state index contributed by atoms with van der Waals surface area (Å²) in [7, 11) is 0. The highest BCUT2D eigenvalue weighted by molar-refractivity contribution is 5.19. The first kappa shape index (κ1) is 13.5. The maximum Gasteiger partial charge on any atom is 0.174 e. The lowest BCUT2D eigenvalue weighted by atomic mass is 9.76. The summed E-state index contributed by atoms with van der Waals surface area (Å²) >= 11 is 0. The Morgan fingerprint density at radius 3 is 2.56 bits per heavy atom. The Morgan fingerprint density at radius 2 is 2.19 bits per heavy atom. The maximum atomic E-state index is 9.14. The molecular weight excluding hydrogens is 200 g/mol. The van der Waals surface area contributed by atoms with Crippen molar-refractivity contribution >= 4 is 0 Å². The van der Waals surface area contributed by atoms with E-state index < -0.39 is 6.29 Å². The number of hydrogen-bond acceptors (Lipinski definition) is 2. The van der Waals surface area contributed by atoms with Gasteiger partial charge in [0, 0.05) is 0 Å². The topological polar surface area (TPSA) is 40.5 Å². The van der Waals surface area contributed by atoms with Gasteiger partial charge in [0.05, 0.1) is 0 Å². The van der Waals surface area contributed by atoms with Crippen LogP contribution in [0.25, 0.3) is 0 Å². The zero-order chi connectivity index (χ0) is 12.3. The molecule has 2 heteroatoms. The molecule has 0 saturated heterocycles. The minimum Gasteiger partial charge on any atom is -0.365 e. The van der Waals surface area contributed by atoms with Crippen LogP contribution in [0, 0.1) is 11.3 Å². The summed E-state index contributed by atoms with van der Waals surface area (Å²) in [5.41, 5.74) is 2.43. The Kier molecular flexibility index (Phi) is 4.34. The number of aliphatic hydroxyl groups excluding tert-OH is 1. The average molecular weight is 224 g/mol. The molecule has 2 nitrogen and oxygen atoms in total. The standard InChI is InChI=1S/C14H24O2/c1-5-11(13(15)16)7-9-12-8-6-10(2)14(12,3)4/h6-7,12-13,15-16H,5,8-9H2,1-4H3/b11-7+. The van der Waals surface area contributed by atoms with Gasteiger partial charge in [0.2, 0.25) is 0 Å². The van der Waals surface area contributed by atoms with E-state index in [0.717, 1.165) is 18.4 Å². The molecule has 1 unspecified atom stereocenters. The van der Waals surface area contributed by atoms with Crippen LogP contribution in [0.2, 0.25) is 0 Å². The van der Waals surface area contributed by atoms with Gasteiger partial charge in [-0.05, 0) is 43.1 Å². The fraction of sp³-hybridized carbons (Fsp3) is 0.714.